The van der Waals surface area contributed by atoms with E-state index >= 15 is 0 Å². The fraction of sp³-hybridized carbons (Fsp3) is 0.267. The van der Waals surface area contributed by atoms with Crippen LogP contribution in [0.25, 0.3) is 0 Å². The van der Waals surface area contributed by atoms with Crippen molar-refractivity contribution in [3.8, 4) is 0 Å². The van der Waals surface area contributed by atoms with Gasteiger partial charge in [-0.25, -0.2) is 0 Å². The van der Waals surface area contributed by atoms with Gasteiger partial charge in [-0.1, -0.05) is 30.3 Å². The Morgan fingerprint density at radius 1 is 1.00 bits per heavy atom. The van der Waals surface area contributed by atoms with Crippen molar-refractivity contribution in [1.82, 2.24) is 4.98 Å². The Hall–Kier alpha value is -1.67. The van der Waals surface area contributed by atoms with Gasteiger partial charge in [-0.3, -0.25) is 4.98 Å². The van der Waals surface area contributed by atoms with E-state index < -0.39 is 0 Å². The highest BCUT2D eigenvalue weighted by atomic mass is 15.1. The molecular weight excluding hydrogens is 208 g/mol. The average Bonchev–Trinajstić information content (AvgIpc) is 2.40. The van der Waals surface area contributed by atoms with E-state index in [0.717, 1.165) is 13.1 Å². The highest BCUT2D eigenvalue weighted by molar-refractivity contribution is 5.27. The normalized spacial score (nSPS) is 18.7. The molecule has 1 aliphatic heterocycles. The first-order valence-electron chi connectivity index (χ1n) is 6.22. The molecule has 1 unspecified atom stereocenters. The minimum atomic E-state index is 1.04. The summed E-state index contributed by atoms with van der Waals surface area (Å²) in [6.45, 7) is 3.38. The van der Waals surface area contributed by atoms with Crippen LogP contribution < -0.4 is 4.90 Å². The van der Waals surface area contributed by atoms with Gasteiger partial charge in [0.2, 0.25) is 0 Å². The van der Waals surface area contributed by atoms with Crippen molar-refractivity contribution in [2.75, 3.05) is 6.54 Å². The first-order chi connectivity index (χ1) is 8.42. The quantitative estimate of drug-likeness (QED) is 0.813. The monoisotopic (exact) mass is 225 g/mol. The largest absolute Gasteiger partial charge is 0.326 e. The molecule has 0 saturated carbocycles. The lowest BCUT2D eigenvalue weighted by Crippen LogP contribution is -3.10. The van der Waals surface area contributed by atoms with Crippen LogP contribution in [0, 0.1) is 0 Å². The van der Waals surface area contributed by atoms with Gasteiger partial charge in [-0.2, -0.15) is 0 Å². The molecule has 0 bridgehead atoms. The zero-order valence-corrected chi connectivity index (χ0v) is 9.89. The third-order valence-electron chi connectivity index (χ3n) is 3.46. The summed E-state index contributed by atoms with van der Waals surface area (Å²) in [6.07, 6.45) is 3.07. The minimum Gasteiger partial charge on any atom is -0.326 e. The number of nitrogens with zero attached hydrogens (tertiary/aromatic N) is 1. The predicted molar refractivity (Wildman–Crippen MR) is 67.6 cm³/mol. The van der Waals surface area contributed by atoms with Crippen LogP contribution in [0.15, 0.2) is 48.7 Å². The highest BCUT2D eigenvalue weighted by Gasteiger charge is 2.18. The SMILES string of the molecule is c1ccc(C[NH+]2CCc3ccccc3C2)nc1. The van der Waals surface area contributed by atoms with Crippen LogP contribution in [0.2, 0.25) is 0 Å². The molecule has 1 aliphatic rings. The molecule has 2 nitrogen and oxygen atoms in total. The van der Waals surface area contributed by atoms with Gasteiger partial charge in [0.05, 0.1) is 12.2 Å². The second-order valence-corrected chi connectivity index (χ2v) is 4.69. The number of quaternary nitrogens is 1. The Kier molecular flexibility index (Phi) is 2.88. The van der Waals surface area contributed by atoms with Crippen molar-refractivity contribution in [2.24, 2.45) is 0 Å². The van der Waals surface area contributed by atoms with Crippen LogP contribution in [0.3, 0.4) is 0 Å². The third kappa shape index (κ3) is 2.37. The molecule has 1 aromatic carbocycles. The van der Waals surface area contributed by atoms with Gasteiger partial charge >= 0.3 is 0 Å². The molecule has 0 amide bonds. The van der Waals surface area contributed by atoms with Crippen molar-refractivity contribution in [2.45, 2.75) is 19.5 Å². The summed E-state index contributed by atoms with van der Waals surface area (Å²) in [5, 5.41) is 0. The number of aromatic nitrogens is 1. The smallest absolute Gasteiger partial charge is 0.120 e. The molecule has 0 fully saturated rings. The fourth-order valence-electron chi connectivity index (χ4n) is 2.55. The van der Waals surface area contributed by atoms with Gasteiger partial charge in [-0.05, 0) is 17.7 Å². The lowest BCUT2D eigenvalue weighted by molar-refractivity contribution is -0.929. The maximum atomic E-state index is 4.41. The van der Waals surface area contributed by atoms with E-state index in [1.165, 1.54) is 29.8 Å². The average molecular weight is 225 g/mol. The molecular formula is C15H17N2+. The van der Waals surface area contributed by atoms with E-state index in [1.807, 2.05) is 12.3 Å². The van der Waals surface area contributed by atoms with E-state index in [-0.39, 0.29) is 0 Å². The zero-order valence-electron chi connectivity index (χ0n) is 9.89. The third-order valence-corrected chi connectivity index (χ3v) is 3.46. The zero-order chi connectivity index (χ0) is 11.5. The fourth-order valence-corrected chi connectivity index (χ4v) is 2.55. The van der Waals surface area contributed by atoms with Crippen LogP contribution in [0.4, 0.5) is 0 Å². The summed E-state index contributed by atoms with van der Waals surface area (Å²) in [5.74, 6) is 0. The summed E-state index contributed by atoms with van der Waals surface area (Å²) in [6, 6.07) is 15.0. The summed E-state index contributed by atoms with van der Waals surface area (Å²) >= 11 is 0. The maximum Gasteiger partial charge on any atom is 0.120 e. The summed E-state index contributed by atoms with van der Waals surface area (Å²) in [7, 11) is 0. The lowest BCUT2D eigenvalue weighted by atomic mass is 10.00. The number of rotatable bonds is 2. The molecule has 0 saturated heterocycles. The number of hydrogen-bond donors (Lipinski definition) is 1. The van der Waals surface area contributed by atoms with E-state index in [2.05, 4.69) is 41.4 Å². The molecule has 1 atom stereocenters. The van der Waals surface area contributed by atoms with Crippen molar-refractivity contribution < 1.29 is 4.90 Å². The van der Waals surface area contributed by atoms with Crippen LogP contribution in [0.5, 0.6) is 0 Å². The first kappa shape index (κ1) is 10.5. The molecule has 0 aliphatic carbocycles. The number of nitrogens with one attached hydrogen (secondary N) is 1. The summed E-state index contributed by atoms with van der Waals surface area (Å²) in [4.78, 5) is 6.02. The molecule has 0 radical (unpaired) electrons. The molecule has 0 spiro atoms. The first-order valence-corrected chi connectivity index (χ1v) is 6.22. The lowest BCUT2D eigenvalue weighted by Gasteiger charge is -2.25. The summed E-state index contributed by atoms with van der Waals surface area (Å²) in [5.41, 5.74) is 4.23. The van der Waals surface area contributed by atoms with Gasteiger partial charge in [0, 0.05) is 18.2 Å². The van der Waals surface area contributed by atoms with E-state index in [9.17, 15) is 0 Å². The number of pyridine rings is 1. The topological polar surface area (TPSA) is 17.3 Å². The Morgan fingerprint density at radius 2 is 1.82 bits per heavy atom. The number of benzene rings is 1. The number of fused-ring (bicyclic) bond motifs is 1. The number of hydrogen-bond acceptors (Lipinski definition) is 1. The van der Waals surface area contributed by atoms with Gasteiger partial charge < -0.3 is 4.90 Å². The van der Waals surface area contributed by atoms with Crippen LogP contribution in [0.1, 0.15) is 16.8 Å². The van der Waals surface area contributed by atoms with Crippen LogP contribution >= 0.6 is 0 Å². The predicted octanol–water partition coefficient (Wildman–Crippen LogP) is 1.22. The van der Waals surface area contributed by atoms with Gasteiger partial charge in [-0.15, -0.1) is 0 Å². The van der Waals surface area contributed by atoms with E-state index in [4.69, 9.17) is 0 Å². The second-order valence-electron chi connectivity index (χ2n) is 4.69. The van der Waals surface area contributed by atoms with Gasteiger partial charge in [0.15, 0.2) is 0 Å². The van der Waals surface area contributed by atoms with E-state index in [1.54, 1.807) is 4.90 Å². The molecule has 1 aromatic heterocycles. The molecule has 3 rings (SSSR count). The molecule has 2 aromatic rings. The Morgan fingerprint density at radius 3 is 2.65 bits per heavy atom. The summed E-state index contributed by atoms with van der Waals surface area (Å²) < 4.78 is 0. The molecule has 86 valence electrons. The standard InChI is InChI=1S/C15H16N2/c1-2-6-14-11-17(10-8-13(14)5-1)12-15-7-3-4-9-16-15/h1-7,9H,8,10-12H2/p+1. The van der Waals surface area contributed by atoms with Gasteiger partial charge in [0.25, 0.3) is 0 Å². The molecule has 2 heterocycles. The van der Waals surface area contributed by atoms with Crippen LogP contribution in [-0.4, -0.2) is 11.5 Å². The highest BCUT2D eigenvalue weighted by Crippen LogP contribution is 2.10. The Balaban J connectivity index is 1.72. The maximum absolute atomic E-state index is 4.41. The molecule has 17 heavy (non-hydrogen) atoms. The van der Waals surface area contributed by atoms with Crippen molar-refractivity contribution >= 4 is 0 Å². The second kappa shape index (κ2) is 4.68. The minimum absolute atomic E-state index is 1.04. The van der Waals surface area contributed by atoms with E-state index in [0.29, 0.717) is 0 Å². The Bertz CT molecular complexity index is 493. The molecule has 1 N–H and O–H groups in total. The van der Waals surface area contributed by atoms with Crippen molar-refractivity contribution in [3.63, 3.8) is 0 Å². The van der Waals surface area contributed by atoms with Crippen LogP contribution in [-0.2, 0) is 19.5 Å². The van der Waals surface area contributed by atoms with Crippen molar-refractivity contribution in [1.29, 1.82) is 0 Å². The van der Waals surface area contributed by atoms with Crippen molar-refractivity contribution in [3.05, 3.63) is 65.5 Å². The Labute approximate surface area is 102 Å². The molecule has 2 heteroatoms. The van der Waals surface area contributed by atoms with Gasteiger partial charge in [0.1, 0.15) is 13.1 Å².